The van der Waals surface area contributed by atoms with Gasteiger partial charge < -0.3 is 14.8 Å². The summed E-state index contributed by atoms with van der Waals surface area (Å²) in [4.78, 5) is 12.9. The lowest BCUT2D eigenvalue weighted by molar-refractivity contribution is 0.0956. The summed E-state index contributed by atoms with van der Waals surface area (Å²) in [7, 11) is 0. The van der Waals surface area contributed by atoms with Crippen LogP contribution in [0.25, 0.3) is 21.5 Å². The van der Waals surface area contributed by atoms with Crippen LogP contribution in [0.2, 0.25) is 0 Å². The van der Waals surface area contributed by atoms with Crippen LogP contribution in [0.15, 0.2) is 78.9 Å². The molecule has 4 aromatic rings. The number of fused-ring (bicyclic) bond motifs is 2. The van der Waals surface area contributed by atoms with E-state index in [-0.39, 0.29) is 19.1 Å². The second-order valence-electron chi connectivity index (χ2n) is 6.90. The minimum Gasteiger partial charge on any atom is -0.493 e. The summed E-state index contributed by atoms with van der Waals surface area (Å²) in [6.45, 7) is 2.87. The number of ether oxygens (including phenoxy) is 2. The van der Waals surface area contributed by atoms with Crippen LogP contribution >= 0.6 is 0 Å². The van der Waals surface area contributed by atoms with Crippen molar-refractivity contribution in [3.05, 3.63) is 84.4 Å². The van der Waals surface area contributed by atoms with Crippen molar-refractivity contribution in [2.24, 2.45) is 0 Å². The summed E-state index contributed by atoms with van der Waals surface area (Å²) in [6.07, 6.45) is 0. The Labute approximate surface area is 181 Å². The fourth-order valence-corrected chi connectivity index (χ4v) is 3.52. The summed E-state index contributed by atoms with van der Waals surface area (Å²) in [5, 5.41) is 6.90. The molecule has 154 valence electrons. The first-order chi connectivity index (χ1) is 15.3. The highest BCUT2D eigenvalue weighted by molar-refractivity contribution is 6.09. The molecule has 1 N–H and O–H groups in total. The molecule has 4 heteroatoms. The Balaban J connectivity index is 1.40. The zero-order chi connectivity index (χ0) is 21.5. The molecule has 0 atom stereocenters. The highest BCUT2D eigenvalue weighted by Gasteiger charge is 2.15. The molecule has 0 aliphatic heterocycles. The Morgan fingerprint density at radius 3 is 2.29 bits per heavy atom. The summed E-state index contributed by atoms with van der Waals surface area (Å²) < 4.78 is 11.5. The maximum Gasteiger partial charge on any atom is 0.256 e. The summed E-state index contributed by atoms with van der Waals surface area (Å²) in [5.74, 6) is 7.09. The maximum atomic E-state index is 12.9. The van der Waals surface area contributed by atoms with Crippen LogP contribution in [-0.4, -0.2) is 25.7 Å². The van der Waals surface area contributed by atoms with Crippen molar-refractivity contribution in [3.63, 3.8) is 0 Å². The van der Waals surface area contributed by atoms with E-state index in [2.05, 4.69) is 17.2 Å². The summed E-state index contributed by atoms with van der Waals surface area (Å²) >= 11 is 0. The third-order valence-electron chi connectivity index (χ3n) is 4.93. The second-order valence-corrected chi connectivity index (χ2v) is 6.90. The number of benzene rings is 4. The molecule has 4 rings (SSSR count). The van der Waals surface area contributed by atoms with Gasteiger partial charge in [0.1, 0.15) is 18.1 Å². The van der Waals surface area contributed by atoms with Crippen LogP contribution in [0, 0.1) is 11.8 Å². The molecule has 0 aliphatic rings. The van der Waals surface area contributed by atoms with Gasteiger partial charge >= 0.3 is 0 Å². The summed E-state index contributed by atoms with van der Waals surface area (Å²) in [5.41, 5.74) is 0.536. The third kappa shape index (κ3) is 4.62. The molecule has 0 unspecified atom stereocenters. The normalized spacial score (nSPS) is 10.4. The van der Waals surface area contributed by atoms with E-state index in [1.165, 1.54) is 0 Å². The van der Waals surface area contributed by atoms with Gasteiger partial charge in [0, 0.05) is 5.39 Å². The van der Waals surface area contributed by atoms with Crippen molar-refractivity contribution < 1.29 is 14.3 Å². The van der Waals surface area contributed by atoms with Crippen molar-refractivity contribution in [2.75, 3.05) is 19.8 Å². The van der Waals surface area contributed by atoms with Crippen LogP contribution in [-0.2, 0) is 0 Å². The summed E-state index contributed by atoms with van der Waals surface area (Å²) in [6, 6.07) is 25.6. The molecule has 0 radical (unpaired) electrons. The fourth-order valence-electron chi connectivity index (χ4n) is 3.52. The van der Waals surface area contributed by atoms with Gasteiger partial charge in [0.2, 0.25) is 0 Å². The number of nitrogens with one attached hydrogen (secondary N) is 1. The minimum absolute atomic E-state index is 0.204. The molecule has 0 saturated carbocycles. The maximum absolute atomic E-state index is 12.9. The van der Waals surface area contributed by atoms with Crippen LogP contribution < -0.4 is 14.8 Å². The van der Waals surface area contributed by atoms with Crippen LogP contribution in [0.1, 0.15) is 17.3 Å². The molecule has 0 aromatic heterocycles. The largest absolute Gasteiger partial charge is 0.493 e. The van der Waals surface area contributed by atoms with Crippen molar-refractivity contribution >= 4 is 27.5 Å². The zero-order valence-corrected chi connectivity index (χ0v) is 17.4. The van der Waals surface area contributed by atoms with E-state index in [1.807, 2.05) is 85.8 Å². The van der Waals surface area contributed by atoms with Gasteiger partial charge in [-0.05, 0) is 35.2 Å². The minimum atomic E-state index is -0.204. The van der Waals surface area contributed by atoms with Gasteiger partial charge in [0.05, 0.1) is 18.7 Å². The lowest BCUT2D eigenvalue weighted by atomic mass is 10.0. The SMILES string of the molecule is CCOc1ccc2ccccc2c1C(=O)NCC#CCOc1cccc2ccccc12. The molecule has 31 heavy (non-hydrogen) atoms. The molecule has 0 spiro atoms. The molecule has 4 aromatic carbocycles. The predicted octanol–water partition coefficient (Wildman–Crippen LogP) is 5.20. The second kappa shape index (κ2) is 9.69. The lowest BCUT2D eigenvalue weighted by Gasteiger charge is -2.12. The average molecular weight is 409 g/mol. The monoisotopic (exact) mass is 409 g/mol. The Hall–Kier alpha value is -3.97. The molecule has 1 amide bonds. The van der Waals surface area contributed by atoms with Gasteiger partial charge in [-0.3, -0.25) is 4.79 Å². The number of carbonyl (C=O) groups is 1. The van der Waals surface area contributed by atoms with E-state index in [1.54, 1.807) is 0 Å². The average Bonchev–Trinajstić information content (AvgIpc) is 2.81. The van der Waals surface area contributed by atoms with E-state index in [9.17, 15) is 4.79 Å². The van der Waals surface area contributed by atoms with Gasteiger partial charge in [-0.25, -0.2) is 0 Å². The van der Waals surface area contributed by atoms with E-state index < -0.39 is 0 Å². The smallest absolute Gasteiger partial charge is 0.256 e. The van der Waals surface area contributed by atoms with Crippen molar-refractivity contribution in [1.29, 1.82) is 0 Å². The Kier molecular flexibility index (Phi) is 6.35. The first-order valence-electron chi connectivity index (χ1n) is 10.3. The van der Waals surface area contributed by atoms with Crippen molar-refractivity contribution in [2.45, 2.75) is 6.92 Å². The van der Waals surface area contributed by atoms with E-state index in [4.69, 9.17) is 9.47 Å². The van der Waals surface area contributed by atoms with Gasteiger partial charge in [-0.15, -0.1) is 0 Å². The Morgan fingerprint density at radius 2 is 1.48 bits per heavy atom. The van der Waals surface area contributed by atoms with E-state index in [0.717, 1.165) is 27.3 Å². The number of hydrogen-bond acceptors (Lipinski definition) is 3. The zero-order valence-electron chi connectivity index (χ0n) is 17.4. The molecule has 4 nitrogen and oxygen atoms in total. The topological polar surface area (TPSA) is 47.6 Å². The van der Waals surface area contributed by atoms with Crippen molar-refractivity contribution in [1.82, 2.24) is 5.32 Å². The quantitative estimate of drug-likeness (QED) is 0.445. The van der Waals surface area contributed by atoms with Gasteiger partial charge in [0.25, 0.3) is 5.91 Å². The van der Waals surface area contributed by atoms with Crippen LogP contribution in [0.3, 0.4) is 0 Å². The molecule has 0 bridgehead atoms. The molecular formula is C27H23NO3. The van der Waals surface area contributed by atoms with Gasteiger partial charge in [0.15, 0.2) is 0 Å². The van der Waals surface area contributed by atoms with Crippen molar-refractivity contribution in [3.8, 4) is 23.3 Å². The molecular weight excluding hydrogens is 386 g/mol. The fraction of sp³-hybridized carbons (Fsp3) is 0.148. The first kappa shape index (κ1) is 20.3. The van der Waals surface area contributed by atoms with Gasteiger partial charge in [-0.1, -0.05) is 78.6 Å². The Morgan fingerprint density at radius 1 is 0.774 bits per heavy atom. The number of amides is 1. The molecule has 0 fully saturated rings. The lowest BCUT2D eigenvalue weighted by Crippen LogP contribution is -2.24. The number of carbonyl (C=O) groups excluding carboxylic acids is 1. The molecule has 0 saturated heterocycles. The number of rotatable bonds is 6. The van der Waals surface area contributed by atoms with Crippen LogP contribution in [0.4, 0.5) is 0 Å². The third-order valence-corrected chi connectivity index (χ3v) is 4.93. The standard InChI is InChI=1S/C27H23NO3/c1-2-30-25-17-16-21-11-4-6-14-23(21)26(25)27(29)28-18-7-8-19-31-24-15-9-12-20-10-3-5-13-22(20)24/h3-6,9-17H,2,18-19H2,1H3,(H,28,29). The molecule has 0 heterocycles. The van der Waals surface area contributed by atoms with E-state index in [0.29, 0.717) is 17.9 Å². The first-order valence-corrected chi connectivity index (χ1v) is 10.3. The van der Waals surface area contributed by atoms with Gasteiger partial charge in [-0.2, -0.15) is 0 Å². The molecule has 0 aliphatic carbocycles. The van der Waals surface area contributed by atoms with Crippen LogP contribution in [0.5, 0.6) is 11.5 Å². The highest BCUT2D eigenvalue weighted by Crippen LogP contribution is 2.28. The highest BCUT2D eigenvalue weighted by atomic mass is 16.5. The van der Waals surface area contributed by atoms with E-state index >= 15 is 0 Å². The Bertz CT molecular complexity index is 1280. The number of hydrogen-bond donors (Lipinski definition) is 1. The predicted molar refractivity (Wildman–Crippen MR) is 125 cm³/mol.